The van der Waals surface area contributed by atoms with Crippen LogP contribution in [0, 0.1) is 0 Å². The zero-order valence-corrected chi connectivity index (χ0v) is 10.6. The molecule has 0 unspecified atom stereocenters. The highest BCUT2D eigenvalue weighted by atomic mass is 31.2. The maximum Gasteiger partial charge on any atom is 0.337 e. The van der Waals surface area contributed by atoms with Gasteiger partial charge in [0.05, 0.1) is 0 Å². The molecule has 1 aromatic rings. The highest BCUT2D eigenvalue weighted by molar-refractivity contribution is 7.54. The molecule has 0 N–H and O–H groups in total. The molecule has 0 amide bonds. The Labute approximate surface area is 107 Å². The third-order valence-corrected chi connectivity index (χ3v) is 3.45. The smallest absolute Gasteiger partial charge is 0.312 e. The van der Waals surface area contributed by atoms with E-state index in [4.69, 9.17) is 5.48 Å². The number of carbonyl (C=O) groups is 1. The van der Waals surface area contributed by atoms with Gasteiger partial charge in [-0.25, -0.2) is 0 Å². The van der Waals surface area contributed by atoms with Crippen LogP contribution in [0.3, 0.4) is 0 Å². The quantitative estimate of drug-likeness (QED) is 0.707. The fourth-order valence-corrected chi connectivity index (χ4v) is 1.77. The molecule has 1 rings (SSSR count). The summed E-state index contributed by atoms with van der Waals surface area (Å²) < 4.78 is 52.0. The molecule has 0 aliphatic carbocycles. The molecule has 0 saturated carbocycles. The van der Waals surface area contributed by atoms with Crippen molar-refractivity contribution in [3.05, 3.63) is 35.9 Å². The molecular weight excluding hydrogens is 239 g/mol. The minimum atomic E-state index is -4.40. The molecule has 0 aromatic heterocycles. The summed E-state index contributed by atoms with van der Waals surface area (Å²) in [7, 11) is -2.50. The van der Waals surface area contributed by atoms with E-state index < -0.39 is 25.9 Å². The zero-order valence-electron chi connectivity index (χ0n) is 13.7. The molecule has 0 aliphatic heterocycles. The Morgan fingerprint density at radius 3 is 2.41 bits per heavy atom. The number of benzene rings is 1. The molecule has 17 heavy (non-hydrogen) atoms. The Kier molecular flexibility index (Phi) is 3.56. The van der Waals surface area contributed by atoms with Gasteiger partial charge in [-0.05, 0) is 12.0 Å². The fraction of sp³-hybridized carbons (Fsp3) is 0.417. The molecule has 1 aromatic carbocycles. The molecule has 4 nitrogen and oxygen atoms in total. The number of rotatable bonds is 7. The van der Waals surface area contributed by atoms with Gasteiger partial charge >= 0.3 is 7.60 Å². The second-order valence-corrected chi connectivity index (χ2v) is 5.09. The second-order valence-electron chi connectivity index (χ2n) is 3.14. The van der Waals surface area contributed by atoms with E-state index in [0.717, 1.165) is 14.2 Å². The summed E-state index contributed by atoms with van der Waals surface area (Å²) >= 11 is 0. The van der Waals surface area contributed by atoms with Crippen molar-refractivity contribution < 1.29 is 23.9 Å². The van der Waals surface area contributed by atoms with Crippen LogP contribution < -0.4 is 0 Å². The highest BCUT2D eigenvalue weighted by Crippen LogP contribution is 2.46. The van der Waals surface area contributed by atoms with E-state index in [2.05, 4.69) is 9.05 Å². The molecular formula is C12H17O4P. The van der Waals surface area contributed by atoms with Crippen molar-refractivity contribution in [2.24, 2.45) is 0 Å². The van der Waals surface area contributed by atoms with Gasteiger partial charge in [0.2, 0.25) is 0 Å². The lowest BCUT2D eigenvalue weighted by Gasteiger charge is -2.12. The number of hydrogen-bond acceptors (Lipinski definition) is 4. The number of ketones is 1. The van der Waals surface area contributed by atoms with Crippen LogP contribution in [0.25, 0.3) is 0 Å². The monoisotopic (exact) mass is 260 g/mol. The van der Waals surface area contributed by atoms with Crippen LogP contribution in [-0.4, -0.2) is 26.1 Å². The molecule has 0 radical (unpaired) electrons. The fourth-order valence-electron chi connectivity index (χ4n) is 1.11. The minimum Gasteiger partial charge on any atom is -0.312 e. The molecule has 0 heterocycles. The molecule has 0 aliphatic rings. The van der Waals surface area contributed by atoms with Gasteiger partial charge in [0.15, 0.2) is 0 Å². The minimum absolute atomic E-state index is 0.334. The number of Topliss-reactive ketones (excluding diaryl/α,β-unsaturated/α-hetero) is 1. The Hall–Kier alpha value is -0.960. The standard InChI is InChI=1S/C12H17O4P/c1-15-17(14,16-2)10-12(13)9-8-11-6-4-3-5-7-11/h3-7H,8-10H2,1-2H3/i9D2,10D2. The van der Waals surface area contributed by atoms with Crippen molar-refractivity contribution in [3.8, 4) is 0 Å². The van der Waals surface area contributed by atoms with Crippen LogP contribution in [0.1, 0.15) is 17.4 Å². The van der Waals surface area contributed by atoms with E-state index >= 15 is 0 Å². The average molecular weight is 260 g/mol. The Morgan fingerprint density at radius 1 is 1.29 bits per heavy atom. The first kappa shape index (κ1) is 9.03. The van der Waals surface area contributed by atoms with Gasteiger partial charge in [0.25, 0.3) is 0 Å². The van der Waals surface area contributed by atoms with E-state index in [-0.39, 0.29) is 6.42 Å². The van der Waals surface area contributed by atoms with E-state index in [9.17, 15) is 9.36 Å². The van der Waals surface area contributed by atoms with Gasteiger partial charge in [-0.15, -0.1) is 0 Å². The van der Waals surface area contributed by atoms with Crippen LogP contribution in [0.15, 0.2) is 30.3 Å². The van der Waals surface area contributed by atoms with Crippen molar-refractivity contribution in [2.75, 3.05) is 20.3 Å². The average Bonchev–Trinajstić information content (AvgIpc) is 2.45. The largest absolute Gasteiger partial charge is 0.337 e. The van der Waals surface area contributed by atoms with Crippen molar-refractivity contribution in [3.63, 3.8) is 0 Å². The summed E-state index contributed by atoms with van der Waals surface area (Å²) in [4.78, 5) is 12.2. The lowest BCUT2D eigenvalue weighted by Crippen LogP contribution is -2.08. The van der Waals surface area contributed by atoms with Gasteiger partial charge in [-0.1, -0.05) is 30.3 Å². The molecule has 0 spiro atoms. The number of aryl methyl sites for hydroxylation is 1. The second kappa shape index (κ2) is 6.70. The van der Waals surface area contributed by atoms with E-state index in [1.807, 2.05) is 0 Å². The Bertz CT molecular complexity index is 539. The summed E-state index contributed by atoms with van der Waals surface area (Å²) in [6.45, 7) is 0. The van der Waals surface area contributed by atoms with Crippen molar-refractivity contribution in [2.45, 2.75) is 12.8 Å². The summed E-state index contributed by atoms with van der Waals surface area (Å²) in [5.41, 5.74) is 0.524. The third kappa shape index (κ3) is 4.82. The van der Waals surface area contributed by atoms with Crippen LogP contribution >= 0.6 is 7.60 Å². The molecule has 0 saturated heterocycles. The summed E-state index contributed by atoms with van der Waals surface area (Å²) in [6, 6.07) is 8.34. The van der Waals surface area contributed by atoms with Crippen LogP contribution in [0.5, 0.6) is 0 Å². The lowest BCUT2D eigenvalue weighted by molar-refractivity contribution is -0.116. The topological polar surface area (TPSA) is 52.6 Å². The van der Waals surface area contributed by atoms with Crippen molar-refractivity contribution >= 4 is 13.4 Å². The Balaban J connectivity index is 3.08. The normalized spacial score (nSPS) is 16.6. The van der Waals surface area contributed by atoms with E-state index in [1.165, 1.54) is 0 Å². The predicted octanol–water partition coefficient (Wildman–Crippen LogP) is 2.67. The number of carbonyl (C=O) groups excluding carboxylic acids is 1. The van der Waals surface area contributed by atoms with Gasteiger partial charge in [-0.2, -0.15) is 0 Å². The van der Waals surface area contributed by atoms with Crippen molar-refractivity contribution in [1.82, 2.24) is 0 Å². The van der Waals surface area contributed by atoms with Gasteiger partial charge in [0, 0.05) is 26.1 Å². The molecule has 94 valence electrons. The van der Waals surface area contributed by atoms with Crippen LogP contribution in [-0.2, 0) is 24.8 Å². The first-order valence-electron chi connectivity index (χ1n) is 6.91. The molecule has 0 atom stereocenters. The van der Waals surface area contributed by atoms with Crippen LogP contribution in [0.2, 0.25) is 0 Å². The first-order chi connectivity index (χ1) is 9.60. The van der Waals surface area contributed by atoms with Gasteiger partial charge < -0.3 is 9.05 Å². The zero-order chi connectivity index (χ0) is 16.3. The predicted molar refractivity (Wildman–Crippen MR) is 66.3 cm³/mol. The third-order valence-electron chi connectivity index (χ3n) is 2.02. The summed E-state index contributed by atoms with van der Waals surface area (Å²) in [6.07, 6.45) is -5.95. The van der Waals surface area contributed by atoms with Crippen molar-refractivity contribution in [1.29, 1.82) is 0 Å². The van der Waals surface area contributed by atoms with Gasteiger partial charge in [-0.3, -0.25) is 9.36 Å². The molecule has 5 heteroatoms. The van der Waals surface area contributed by atoms with Crippen LogP contribution in [0.4, 0.5) is 0 Å². The maximum absolute atomic E-state index is 12.2. The summed E-state index contributed by atoms with van der Waals surface area (Å²) in [5, 5.41) is 0. The number of hydrogen-bond donors (Lipinski definition) is 0. The molecule has 0 fully saturated rings. The van der Waals surface area contributed by atoms with Gasteiger partial charge in [0.1, 0.15) is 11.9 Å². The highest BCUT2D eigenvalue weighted by Gasteiger charge is 2.24. The van der Waals surface area contributed by atoms with E-state index in [0.29, 0.717) is 5.56 Å². The Morgan fingerprint density at radius 2 is 1.88 bits per heavy atom. The lowest BCUT2D eigenvalue weighted by atomic mass is 10.1. The van der Waals surface area contributed by atoms with E-state index in [1.54, 1.807) is 30.3 Å². The SMILES string of the molecule is [2H]C([2H])(Cc1ccccc1)C(=O)C([2H])([2H])P(=O)(OC)OC. The first-order valence-corrected chi connectivity index (χ1v) is 6.45. The maximum atomic E-state index is 12.2. The summed E-state index contributed by atoms with van der Waals surface area (Å²) in [5.74, 6) is -1.47. The molecule has 0 bridgehead atoms.